The molecule has 2 N–H and O–H groups in total. The zero-order valence-corrected chi connectivity index (χ0v) is 17.2. The predicted octanol–water partition coefficient (Wildman–Crippen LogP) is 5.42. The van der Waals surface area contributed by atoms with E-state index in [1.165, 1.54) is 11.8 Å². The lowest BCUT2D eigenvalue weighted by Crippen LogP contribution is -2.06. The van der Waals surface area contributed by atoms with Crippen LogP contribution in [-0.4, -0.2) is 15.0 Å². The molecule has 3 aromatic carbocycles. The Balaban J connectivity index is 1.68. The normalized spacial score (nSPS) is 13.0. The van der Waals surface area contributed by atoms with Gasteiger partial charge in [-0.05, 0) is 58.3 Å². The largest absolute Gasteiger partial charge is 0.372 e. The summed E-state index contributed by atoms with van der Waals surface area (Å²) in [5, 5.41) is 3.28. The fourth-order valence-electron chi connectivity index (χ4n) is 3.64. The number of hydrogen-bond donors (Lipinski definition) is 1. The molecule has 4 aromatic rings. The number of hydrogen-bond acceptors (Lipinski definition) is 6. The monoisotopic (exact) mass is 420 g/mol. The molecule has 0 amide bonds. The summed E-state index contributed by atoms with van der Waals surface area (Å²) in [5.74, 6) is 0.653. The van der Waals surface area contributed by atoms with Gasteiger partial charge in [-0.3, -0.25) is 0 Å². The van der Waals surface area contributed by atoms with Crippen LogP contribution < -0.4 is 5.73 Å². The Morgan fingerprint density at radius 2 is 1.83 bits per heavy atom. The number of rotatable bonds is 3. The molecule has 1 aliphatic rings. The molecule has 0 aliphatic carbocycles. The van der Waals surface area contributed by atoms with Crippen LogP contribution in [0.25, 0.3) is 22.2 Å². The second kappa shape index (κ2) is 7.30. The van der Waals surface area contributed by atoms with E-state index in [1.54, 1.807) is 0 Å². The average Bonchev–Trinajstić information content (AvgIpc) is 2.70. The number of nitrogens with two attached hydrogens (primary N) is 1. The predicted molar refractivity (Wildman–Crippen MR) is 116 cm³/mol. The summed E-state index contributed by atoms with van der Waals surface area (Å²) in [5.41, 5.74) is 10.2. The molecule has 144 valence electrons. The first-order chi connectivity index (χ1) is 14.1. The Kier molecular flexibility index (Phi) is 4.62. The Labute approximate surface area is 177 Å². The third-order valence-corrected chi connectivity index (χ3v) is 6.29. The molecule has 0 spiro atoms. The quantitative estimate of drug-likeness (QED) is 0.477. The van der Waals surface area contributed by atoms with E-state index >= 15 is 0 Å². The van der Waals surface area contributed by atoms with Crippen LogP contribution in [0.1, 0.15) is 16.7 Å². The van der Waals surface area contributed by atoms with Gasteiger partial charge in [-0.15, -0.1) is 0 Å². The standard InChI is InChI=1S/C22H17ClN4OS/c1-12-5-2-3-8-17(12)29-22-26-20(25-21(24)27-22)19-15-7-4-6-13-10-28-11-14(18(13)15)9-16(19)23/h2-9H,10-11H2,1H3,(H2,24,25,26,27). The fraction of sp³-hybridized carbons (Fsp3) is 0.136. The van der Waals surface area contributed by atoms with Crippen LogP contribution in [0.5, 0.6) is 0 Å². The van der Waals surface area contributed by atoms with Crippen LogP contribution in [0.3, 0.4) is 0 Å². The highest BCUT2D eigenvalue weighted by molar-refractivity contribution is 7.99. The summed E-state index contributed by atoms with van der Waals surface area (Å²) in [6, 6.07) is 16.2. The Bertz CT molecular complexity index is 1260. The molecule has 2 heterocycles. The third-order valence-electron chi connectivity index (χ3n) is 4.95. The number of aryl methyl sites for hydroxylation is 1. The highest BCUT2D eigenvalue weighted by Gasteiger charge is 2.21. The smallest absolute Gasteiger partial charge is 0.224 e. The maximum absolute atomic E-state index is 6.68. The van der Waals surface area contributed by atoms with Gasteiger partial charge in [0.1, 0.15) is 0 Å². The zero-order valence-electron chi connectivity index (χ0n) is 15.6. The van der Waals surface area contributed by atoms with Crippen molar-refractivity contribution in [3.8, 4) is 11.4 Å². The average molecular weight is 421 g/mol. The number of anilines is 1. The molecule has 1 aliphatic heterocycles. The second-order valence-corrected chi connectivity index (χ2v) is 8.31. The molecule has 0 fully saturated rings. The molecule has 0 atom stereocenters. The first-order valence-corrected chi connectivity index (χ1v) is 10.4. The van der Waals surface area contributed by atoms with E-state index < -0.39 is 0 Å². The topological polar surface area (TPSA) is 73.9 Å². The van der Waals surface area contributed by atoms with Crippen molar-refractivity contribution in [1.29, 1.82) is 0 Å². The van der Waals surface area contributed by atoms with Crippen LogP contribution in [-0.2, 0) is 18.0 Å². The van der Waals surface area contributed by atoms with E-state index in [2.05, 4.69) is 29.0 Å². The highest BCUT2D eigenvalue weighted by Crippen LogP contribution is 2.40. The summed E-state index contributed by atoms with van der Waals surface area (Å²) in [6.45, 7) is 3.18. The van der Waals surface area contributed by atoms with Gasteiger partial charge >= 0.3 is 0 Å². The minimum absolute atomic E-state index is 0.172. The summed E-state index contributed by atoms with van der Waals surface area (Å²) in [6.07, 6.45) is 0. The van der Waals surface area contributed by atoms with Gasteiger partial charge in [0.2, 0.25) is 5.95 Å². The number of halogens is 1. The van der Waals surface area contributed by atoms with Gasteiger partial charge in [0.15, 0.2) is 11.0 Å². The van der Waals surface area contributed by atoms with Crippen molar-refractivity contribution in [3.05, 3.63) is 70.2 Å². The number of nitrogens with zero attached hydrogens (tertiary/aromatic N) is 3. The SMILES string of the molecule is Cc1ccccc1Sc1nc(N)nc(-c2c(Cl)cc3c4c(cccc24)COC3)n1. The van der Waals surface area contributed by atoms with Crippen molar-refractivity contribution in [2.75, 3.05) is 5.73 Å². The Hall–Kier alpha value is -2.67. The zero-order chi connectivity index (χ0) is 20.0. The van der Waals surface area contributed by atoms with Crippen LogP contribution >= 0.6 is 23.4 Å². The van der Waals surface area contributed by atoms with Gasteiger partial charge in [-0.1, -0.05) is 48.0 Å². The van der Waals surface area contributed by atoms with E-state index in [0.29, 0.717) is 29.2 Å². The first-order valence-electron chi connectivity index (χ1n) is 9.16. The van der Waals surface area contributed by atoms with Crippen molar-refractivity contribution >= 4 is 40.1 Å². The van der Waals surface area contributed by atoms with Crippen LogP contribution in [0.4, 0.5) is 5.95 Å². The van der Waals surface area contributed by atoms with Crippen molar-refractivity contribution < 1.29 is 4.74 Å². The van der Waals surface area contributed by atoms with Gasteiger partial charge in [-0.2, -0.15) is 9.97 Å². The number of aromatic nitrogens is 3. The molecule has 0 bridgehead atoms. The molecule has 29 heavy (non-hydrogen) atoms. The van der Waals surface area contributed by atoms with Crippen LogP contribution in [0.15, 0.2) is 58.6 Å². The Morgan fingerprint density at radius 3 is 2.69 bits per heavy atom. The highest BCUT2D eigenvalue weighted by atomic mass is 35.5. The number of benzene rings is 3. The lowest BCUT2D eigenvalue weighted by molar-refractivity contribution is 0.103. The molecule has 0 unspecified atom stereocenters. The van der Waals surface area contributed by atoms with E-state index in [9.17, 15) is 0 Å². The molecule has 0 saturated heterocycles. The van der Waals surface area contributed by atoms with E-state index in [1.807, 2.05) is 36.4 Å². The maximum Gasteiger partial charge on any atom is 0.224 e. The molecule has 0 radical (unpaired) electrons. The second-order valence-electron chi connectivity index (χ2n) is 6.89. The molecule has 5 nitrogen and oxygen atoms in total. The van der Waals surface area contributed by atoms with Crippen molar-refractivity contribution in [2.24, 2.45) is 0 Å². The van der Waals surface area contributed by atoms with Crippen LogP contribution in [0.2, 0.25) is 5.02 Å². The third kappa shape index (κ3) is 3.33. The minimum Gasteiger partial charge on any atom is -0.372 e. The number of nitrogen functional groups attached to an aromatic ring is 1. The van der Waals surface area contributed by atoms with E-state index in [-0.39, 0.29) is 5.95 Å². The molecule has 1 aromatic heterocycles. The maximum atomic E-state index is 6.68. The molecular formula is C22H17ClN4OS. The Morgan fingerprint density at radius 1 is 1.00 bits per heavy atom. The summed E-state index contributed by atoms with van der Waals surface area (Å²) >= 11 is 8.15. The molecule has 5 rings (SSSR count). The molecule has 7 heteroatoms. The lowest BCUT2D eigenvalue weighted by atomic mass is 9.94. The van der Waals surface area contributed by atoms with Gasteiger partial charge in [0, 0.05) is 10.5 Å². The first kappa shape index (κ1) is 18.4. The molecular weight excluding hydrogens is 404 g/mol. The van der Waals surface area contributed by atoms with Gasteiger partial charge in [0.25, 0.3) is 0 Å². The van der Waals surface area contributed by atoms with Gasteiger partial charge in [0.05, 0.1) is 18.2 Å². The van der Waals surface area contributed by atoms with Crippen molar-refractivity contribution in [1.82, 2.24) is 15.0 Å². The van der Waals surface area contributed by atoms with E-state index in [0.717, 1.165) is 37.9 Å². The summed E-state index contributed by atoms with van der Waals surface area (Å²) in [4.78, 5) is 14.5. The lowest BCUT2D eigenvalue weighted by Gasteiger charge is -2.20. The van der Waals surface area contributed by atoms with E-state index in [4.69, 9.17) is 27.1 Å². The van der Waals surface area contributed by atoms with Gasteiger partial charge in [-0.25, -0.2) is 4.98 Å². The van der Waals surface area contributed by atoms with Crippen LogP contribution in [0, 0.1) is 6.92 Å². The minimum atomic E-state index is 0.172. The number of ether oxygens (including phenoxy) is 1. The van der Waals surface area contributed by atoms with Crippen molar-refractivity contribution in [2.45, 2.75) is 30.2 Å². The fourth-order valence-corrected chi connectivity index (χ4v) is 4.81. The van der Waals surface area contributed by atoms with Gasteiger partial charge < -0.3 is 10.5 Å². The van der Waals surface area contributed by atoms with Crippen molar-refractivity contribution in [3.63, 3.8) is 0 Å². The molecule has 0 saturated carbocycles. The summed E-state index contributed by atoms with van der Waals surface area (Å²) < 4.78 is 5.68. The summed E-state index contributed by atoms with van der Waals surface area (Å²) in [7, 11) is 0.